The van der Waals surface area contributed by atoms with Crippen LogP contribution in [0, 0.1) is 0 Å². The number of carbonyl (C=O) groups excluding carboxylic acids is 2. The lowest BCUT2D eigenvalue weighted by atomic mass is 9.87. The van der Waals surface area contributed by atoms with Crippen LogP contribution < -0.4 is 10.6 Å². The molecular formula is C20H29N3O3. The van der Waals surface area contributed by atoms with Gasteiger partial charge >= 0.3 is 12.0 Å². The fourth-order valence-electron chi connectivity index (χ4n) is 2.83. The Morgan fingerprint density at radius 3 is 2.42 bits per heavy atom. The Kier molecular flexibility index (Phi) is 6.42. The third-order valence-corrected chi connectivity index (χ3v) is 4.28. The number of likely N-dealkylation sites (N-methyl/N-ethyl adjacent to an activating group) is 1. The Balaban J connectivity index is 2.07. The van der Waals surface area contributed by atoms with Crippen molar-refractivity contribution >= 4 is 12.0 Å². The molecule has 0 aromatic heterocycles. The normalized spacial score (nSPS) is 14.9. The molecule has 1 aromatic rings. The molecule has 26 heavy (non-hydrogen) atoms. The van der Waals surface area contributed by atoms with E-state index < -0.39 is 5.97 Å². The summed E-state index contributed by atoms with van der Waals surface area (Å²) >= 11 is 0. The van der Waals surface area contributed by atoms with Gasteiger partial charge in [0.25, 0.3) is 0 Å². The van der Waals surface area contributed by atoms with E-state index in [2.05, 4.69) is 60.6 Å². The first-order valence-corrected chi connectivity index (χ1v) is 8.92. The van der Waals surface area contributed by atoms with Gasteiger partial charge in [0, 0.05) is 18.8 Å². The zero-order chi connectivity index (χ0) is 19.3. The number of urea groups is 1. The van der Waals surface area contributed by atoms with Crippen LogP contribution in [0.5, 0.6) is 0 Å². The predicted molar refractivity (Wildman–Crippen MR) is 102 cm³/mol. The second-order valence-electron chi connectivity index (χ2n) is 7.60. The summed E-state index contributed by atoms with van der Waals surface area (Å²) in [6.45, 7) is 10.0. The number of carbonyl (C=O) groups is 2. The molecule has 1 heterocycles. The molecule has 6 nitrogen and oxygen atoms in total. The van der Waals surface area contributed by atoms with Crippen LogP contribution in [0.2, 0.25) is 0 Å². The van der Waals surface area contributed by atoms with Crippen molar-refractivity contribution in [3.05, 3.63) is 46.7 Å². The minimum absolute atomic E-state index is 0.128. The lowest BCUT2D eigenvalue weighted by Gasteiger charge is -2.25. The van der Waals surface area contributed by atoms with Gasteiger partial charge in [-0.05, 0) is 30.5 Å². The van der Waals surface area contributed by atoms with Crippen molar-refractivity contribution in [3.63, 3.8) is 0 Å². The predicted octanol–water partition coefficient (Wildman–Crippen LogP) is 2.55. The topological polar surface area (TPSA) is 70.7 Å². The SMILES string of the molecule is CCOC(=O)C1=C(CN(C)Cc2ccc(C(C)(C)C)cc2)NC(=O)NC1. The summed E-state index contributed by atoms with van der Waals surface area (Å²) in [7, 11) is 1.96. The molecule has 142 valence electrons. The highest BCUT2D eigenvalue weighted by Crippen LogP contribution is 2.22. The average Bonchev–Trinajstić information content (AvgIpc) is 2.54. The van der Waals surface area contributed by atoms with Crippen LogP contribution in [0.1, 0.15) is 38.8 Å². The summed E-state index contributed by atoms with van der Waals surface area (Å²) in [6, 6.07) is 8.26. The monoisotopic (exact) mass is 359 g/mol. The minimum atomic E-state index is -0.391. The lowest BCUT2D eigenvalue weighted by Crippen LogP contribution is -2.46. The number of benzene rings is 1. The second-order valence-corrected chi connectivity index (χ2v) is 7.60. The molecule has 2 N–H and O–H groups in total. The lowest BCUT2D eigenvalue weighted by molar-refractivity contribution is -0.138. The van der Waals surface area contributed by atoms with Gasteiger partial charge in [0.1, 0.15) is 0 Å². The fourth-order valence-corrected chi connectivity index (χ4v) is 2.83. The van der Waals surface area contributed by atoms with Crippen LogP contribution in [-0.4, -0.2) is 43.6 Å². The molecule has 1 aromatic carbocycles. The first-order valence-electron chi connectivity index (χ1n) is 8.92. The van der Waals surface area contributed by atoms with Gasteiger partial charge < -0.3 is 15.4 Å². The number of nitrogens with zero attached hydrogens (tertiary/aromatic N) is 1. The molecule has 6 heteroatoms. The van der Waals surface area contributed by atoms with Crippen molar-refractivity contribution in [2.75, 3.05) is 26.7 Å². The Bertz CT molecular complexity index is 687. The van der Waals surface area contributed by atoms with Gasteiger partial charge in [0.05, 0.1) is 18.7 Å². The summed E-state index contributed by atoms with van der Waals surface area (Å²) in [5.41, 5.74) is 3.67. The van der Waals surface area contributed by atoms with Crippen molar-refractivity contribution in [1.29, 1.82) is 0 Å². The van der Waals surface area contributed by atoms with E-state index >= 15 is 0 Å². The highest BCUT2D eigenvalue weighted by Gasteiger charge is 2.24. The second kappa shape index (κ2) is 8.36. The summed E-state index contributed by atoms with van der Waals surface area (Å²) in [5, 5.41) is 5.36. The maximum absolute atomic E-state index is 12.1. The highest BCUT2D eigenvalue weighted by molar-refractivity contribution is 5.93. The van der Waals surface area contributed by atoms with Gasteiger partial charge in [-0.3, -0.25) is 4.90 Å². The van der Waals surface area contributed by atoms with Crippen LogP contribution in [0.25, 0.3) is 0 Å². The van der Waals surface area contributed by atoms with Gasteiger partial charge in [-0.1, -0.05) is 45.0 Å². The Morgan fingerprint density at radius 2 is 1.85 bits per heavy atom. The van der Waals surface area contributed by atoms with Crippen LogP contribution in [0.15, 0.2) is 35.5 Å². The number of amides is 2. The van der Waals surface area contributed by atoms with Crippen LogP contribution in [0.3, 0.4) is 0 Å². The van der Waals surface area contributed by atoms with E-state index in [-0.39, 0.29) is 18.0 Å². The molecule has 0 atom stereocenters. The summed E-state index contributed by atoms with van der Waals surface area (Å²) in [4.78, 5) is 25.8. The Labute approximate surface area is 155 Å². The number of rotatable bonds is 6. The zero-order valence-corrected chi connectivity index (χ0v) is 16.3. The average molecular weight is 359 g/mol. The van der Waals surface area contributed by atoms with Crippen LogP contribution >= 0.6 is 0 Å². The number of nitrogens with one attached hydrogen (secondary N) is 2. The molecule has 0 unspecified atom stereocenters. The molecule has 0 bridgehead atoms. The third kappa shape index (κ3) is 5.33. The maximum Gasteiger partial charge on any atom is 0.337 e. The first kappa shape index (κ1) is 20.0. The summed E-state index contributed by atoms with van der Waals surface area (Å²) < 4.78 is 5.09. The number of hydrogen-bond donors (Lipinski definition) is 2. The maximum atomic E-state index is 12.1. The number of esters is 1. The van der Waals surface area contributed by atoms with Crippen molar-refractivity contribution in [2.24, 2.45) is 0 Å². The van der Waals surface area contributed by atoms with E-state index in [0.717, 1.165) is 0 Å². The van der Waals surface area contributed by atoms with Crippen LogP contribution in [-0.2, 0) is 21.5 Å². The van der Waals surface area contributed by atoms with E-state index in [4.69, 9.17) is 4.74 Å². The largest absolute Gasteiger partial charge is 0.463 e. The molecule has 0 aliphatic carbocycles. The van der Waals surface area contributed by atoms with Gasteiger partial charge in [-0.15, -0.1) is 0 Å². The van der Waals surface area contributed by atoms with E-state index in [9.17, 15) is 9.59 Å². The van der Waals surface area contributed by atoms with Crippen molar-refractivity contribution in [3.8, 4) is 0 Å². The molecule has 0 saturated heterocycles. The fraction of sp³-hybridized carbons (Fsp3) is 0.500. The molecule has 0 spiro atoms. The highest BCUT2D eigenvalue weighted by atomic mass is 16.5. The molecule has 1 aliphatic heterocycles. The van der Waals surface area contributed by atoms with E-state index in [0.29, 0.717) is 31.0 Å². The van der Waals surface area contributed by atoms with E-state index in [1.165, 1.54) is 11.1 Å². The van der Waals surface area contributed by atoms with Crippen LogP contribution in [0.4, 0.5) is 4.79 Å². The Morgan fingerprint density at radius 1 is 1.19 bits per heavy atom. The molecule has 0 radical (unpaired) electrons. The van der Waals surface area contributed by atoms with Gasteiger partial charge in [-0.25, -0.2) is 9.59 Å². The summed E-state index contributed by atoms with van der Waals surface area (Å²) in [5.74, 6) is -0.391. The standard InChI is InChI=1S/C20H29N3O3/c1-6-26-18(24)16-11-21-19(25)22-17(16)13-23(5)12-14-7-9-15(10-8-14)20(2,3)4/h7-10H,6,11-13H2,1-5H3,(H2,21,22,25). The molecule has 1 aliphatic rings. The number of ether oxygens (including phenoxy) is 1. The molecule has 0 saturated carbocycles. The van der Waals surface area contributed by atoms with E-state index in [1.54, 1.807) is 6.92 Å². The zero-order valence-electron chi connectivity index (χ0n) is 16.3. The van der Waals surface area contributed by atoms with Crippen molar-refractivity contribution in [1.82, 2.24) is 15.5 Å². The third-order valence-electron chi connectivity index (χ3n) is 4.28. The molecule has 0 fully saturated rings. The quantitative estimate of drug-likeness (QED) is 0.766. The van der Waals surface area contributed by atoms with Gasteiger partial charge in [0.15, 0.2) is 0 Å². The van der Waals surface area contributed by atoms with E-state index in [1.807, 2.05) is 7.05 Å². The van der Waals surface area contributed by atoms with Crippen molar-refractivity contribution in [2.45, 2.75) is 39.7 Å². The smallest absolute Gasteiger partial charge is 0.337 e. The summed E-state index contributed by atoms with van der Waals surface area (Å²) in [6.07, 6.45) is 0. The van der Waals surface area contributed by atoms with Crippen molar-refractivity contribution < 1.29 is 14.3 Å². The molecular weight excluding hydrogens is 330 g/mol. The number of hydrogen-bond acceptors (Lipinski definition) is 4. The minimum Gasteiger partial charge on any atom is -0.463 e. The molecule has 2 rings (SSSR count). The first-order chi connectivity index (χ1) is 12.2. The Hall–Kier alpha value is -2.34. The van der Waals surface area contributed by atoms with Gasteiger partial charge in [-0.2, -0.15) is 0 Å². The van der Waals surface area contributed by atoms with Gasteiger partial charge in [0.2, 0.25) is 0 Å². The molecule has 2 amide bonds.